The summed E-state index contributed by atoms with van der Waals surface area (Å²) in [7, 11) is 0. The molecule has 0 atom stereocenters. The largest absolute Gasteiger partial charge is 0.423 e. The van der Waals surface area contributed by atoms with Crippen LogP contribution in [0.4, 0.5) is 0 Å². The van der Waals surface area contributed by atoms with Crippen LogP contribution in [0, 0.1) is 6.92 Å². The summed E-state index contributed by atoms with van der Waals surface area (Å²) >= 11 is 1.55. The summed E-state index contributed by atoms with van der Waals surface area (Å²) in [6.45, 7) is 2.23. The minimum Gasteiger partial charge on any atom is -0.423 e. The quantitative estimate of drug-likeness (QED) is 0.551. The van der Waals surface area contributed by atoms with Crippen molar-refractivity contribution in [1.82, 2.24) is 19.7 Å². The van der Waals surface area contributed by atoms with E-state index in [-0.39, 0.29) is 12.1 Å². The molecular formula is C19H16N4O2S. The number of thiophene rings is 1. The van der Waals surface area contributed by atoms with Crippen molar-refractivity contribution in [2.24, 2.45) is 0 Å². The molecule has 1 fully saturated rings. The monoisotopic (exact) mass is 364 g/mol. The smallest absolute Gasteiger partial charge is 0.262 e. The maximum atomic E-state index is 13.0. The highest BCUT2D eigenvalue weighted by molar-refractivity contribution is 7.22. The zero-order chi connectivity index (χ0) is 17.7. The molecule has 3 aromatic heterocycles. The van der Waals surface area contributed by atoms with Gasteiger partial charge in [0.2, 0.25) is 11.8 Å². The van der Waals surface area contributed by atoms with E-state index < -0.39 is 0 Å². The highest BCUT2D eigenvalue weighted by Crippen LogP contribution is 2.39. The summed E-state index contributed by atoms with van der Waals surface area (Å²) in [5, 5.41) is 8.81. The van der Waals surface area contributed by atoms with Crippen LogP contribution in [0.5, 0.6) is 0 Å². The van der Waals surface area contributed by atoms with E-state index in [1.165, 1.54) is 0 Å². The van der Waals surface area contributed by atoms with E-state index in [4.69, 9.17) is 4.42 Å². The molecule has 0 bridgehead atoms. The van der Waals surface area contributed by atoms with Crippen LogP contribution in [0.1, 0.15) is 36.1 Å². The van der Waals surface area contributed by atoms with Gasteiger partial charge in [0.1, 0.15) is 11.4 Å². The van der Waals surface area contributed by atoms with Gasteiger partial charge in [-0.1, -0.05) is 30.3 Å². The number of rotatable bonds is 4. The molecule has 0 N–H and O–H groups in total. The number of aromatic nitrogens is 4. The number of hydrogen-bond acceptors (Lipinski definition) is 6. The van der Waals surface area contributed by atoms with Crippen molar-refractivity contribution in [3.8, 4) is 10.4 Å². The average molecular weight is 364 g/mol. The maximum absolute atomic E-state index is 13.0. The van der Waals surface area contributed by atoms with E-state index in [9.17, 15) is 4.79 Å². The Morgan fingerprint density at radius 1 is 1.23 bits per heavy atom. The van der Waals surface area contributed by atoms with Crippen molar-refractivity contribution >= 4 is 21.6 Å². The molecule has 1 aliphatic rings. The van der Waals surface area contributed by atoms with Crippen molar-refractivity contribution < 1.29 is 4.42 Å². The standard InChI is InChI=1S/C19H16N4O2S/c1-11-15-18(26-16(11)12-5-3-2-4-6-12)20-10-23(19(15)24)9-14-21-22-17(25-14)13-7-8-13/h2-6,10,13H,7-9H2,1H3. The Morgan fingerprint density at radius 3 is 2.81 bits per heavy atom. The first-order chi connectivity index (χ1) is 12.7. The first-order valence-corrected chi connectivity index (χ1v) is 9.38. The van der Waals surface area contributed by atoms with Crippen LogP contribution in [0.15, 0.2) is 45.9 Å². The zero-order valence-electron chi connectivity index (χ0n) is 14.2. The second kappa shape index (κ2) is 5.88. The topological polar surface area (TPSA) is 73.8 Å². The van der Waals surface area contributed by atoms with E-state index in [0.29, 0.717) is 23.1 Å². The molecule has 0 unspecified atom stereocenters. The summed E-state index contributed by atoms with van der Waals surface area (Å²) in [6.07, 6.45) is 3.77. The van der Waals surface area contributed by atoms with Crippen molar-refractivity contribution in [2.45, 2.75) is 32.2 Å². The lowest BCUT2D eigenvalue weighted by Crippen LogP contribution is -2.21. The van der Waals surface area contributed by atoms with Gasteiger partial charge < -0.3 is 4.42 Å². The highest BCUT2D eigenvalue weighted by Gasteiger charge is 2.29. The molecule has 0 saturated heterocycles. The second-order valence-electron chi connectivity index (χ2n) is 6.59. The van der Waals surface area contributed by atoms with E-state index in [1.807, 2.05) is 37.3 Å². The molecular weight excluding hydrogens is 348 g/mol. The molecule has 6 nitrogen and oxygen atoms in total. The van der Waals surface area contributed by atoms with Crippen molar-refractivity contribution in [1.29, 1.82) is 0 Å². The number of aryl methyl sites for hydroxylation is 1. The van der Waals surface area contributed by atoms with E-state index in [2.05, 4.69) is 15.2 Å². The lowest BCUT2D eigenvalue weighted by atomic mass is 10.1. The minimum atomic E-state index is -0.0721. The molecule has 4 aromatic rings. The molecule has 130 valence electrons. The first-order valence-electron chi connectivity index (χ1n) is 8.57. The van der Waals surface area contributed by atoms with Crippen molar-refractivity contribution in [3.63, 3.8) is 0 Å². The van der Waals surface area contributed by atoms with E-state index >= 15 is 0 Å². The van der Waals surface area contributed by atoms with Crippen LogP contribution in [0.2, 0.25) is 0 Å². The third-order valence-electron chi connectivity index (χ3n) is 4.67. The Balaban J connectivity index is 1.56. The molecule has 0 spiro atoms. The number of hydrogen-bond donors (Lipinski definition) is 0. The van der Waals surface area contributed by atoms with E-state index in [1.54, 1.807) is 22.2 Å². The fourth-order valence-electron chi connectivity index (χ4n) is 3.11. The van der Waals surface area contributed by atoms with Gasteiger partial charge in [0.25, 0.3) is 5.56 Å². The average Bonchev–Trinajstić information content (AvgIpc) is 3.31. The molecule has 1 aromatic carbocycles. The van der Waals surface area contributed by atoms with Gasteiger partial charge in [-0.3, -0.25) is 9.36 Å². The third-order valence-corrected chi connectivity index (χ3v) is 5.92. The number of fused-ring (bicyclic) bond motifs is 1. The lowest BCUT2D eigenvalue weighted by Gasteiger charge is -2.02. The number of nitrogens with zero attached hydrogens (tertiary/aromatic N) is 4. The molecule has 0 aliphatic heterocycles. The van der Waals surface area contributed by atoms with Crippen LogP contribution in [-0.4, -0.2) is 19.7 Å². The van der Waals surface area contributed by atoms with Crippen molar-refractivity contribution in [2.75, 3.05) is 0 Å². The Hall–Kier alpha value is -2.80. The van der Waals surface area contributed by atoms with Crippen LogP contribution in [0.25, 0.3) is 20.7 Å². The fourth-order valence-corrected chi connectivity index (χ4v) is 4.25. The lowest BCUT2D eigenvalue weighted by molar-refractivity contribution is 0.436. The number of benzene rings is 1. The second-order valence-corrected chi connectivity index (χ2v) is 7.59. The zero-order valence-corrected chi connectivity index (χ0v) is 15.0. The summed E-state index contributed by atoms with van der Waals surface area (Å²) in [4.78, 5) is 19.3. The summed E-state index contributed by atoms with van der Waals surface area (Å²) < 4.78 is 7.22. The summed E-state index contributed by atoms with van der Waals surface area (Å²) in [6, 6.07) is 10.1. The van der Waals surface area contributed by atoms with Gasteiger partial charge in [-0.2, -0.15) is 0 Å². The Labute approximate surface area is 153 Å². The molecule has 1 aliphatic carbocycles. The molecule has 0 amide bonds. The predicted octanol–water partition coefficient (Wildman–Crippen LogP) is 3.74. The van der Waals surface area contributed by atoms with Crippen LogP contribution in [-0.2, 0) is 6.54 Å². The first kappa shape index (κ1) is 15.5. The normalized spacial score (nSPS) is 14.2. The van der Waals surface area contributed by atoms with Gasteiger partial charge in [0.05, 0.1) is 11.7 Å². The van der Waals surface area contributed by atoms with Crippen molar-refractivity contribution in [3.05, 3.63) is 64.4 Å². The van der Waals surface area contributed by atoms with Gasteiger partial charge in [0, 0.05) is 10.8 Å². The highest BCUT2D eigenvalue weighted by atomic mass is 32.1. The summed E-state index contributed by atoms with van der Waals surface area (Å²) in [5.74, 6) is 1.53. The van der Waals surface area contributed by atoms with Crippen LogP contribution >= 0.6 is 11.3 Å². The molecule has 0 radical (unpaired) electrons. The fraction of sp³-hybridized carbons (Fsp3) is 0.263. The third kappa shape index (κ3) is 2.55. The SMILES string of the molecule is Cc1c(-c2ccccc2)sc2ncn(Cc3nnc(C4CC4)o3)c(=O)c12. The van der Waals surface area contributed by atoms with E-state index in [0.717, 1.165) is 33.7 Å². The van der Waals surface area contributed by atoms with Gasteiger partial charge in [0.15, 0.2) is 0 Å². The minimum absolute atomic E-state index is 0.0721. The molecule has 1 saturated carbocycles. The van der Waals surface area contributed by atoms with Crippen LogP contribution < -0.4 is 5.56 Å². The molecule has 3 heterocycles. The maximum Gasteiger partial charge on any atom is 0.262 e. The van der Waals surface area contributed by atoms with Gasteiger partial charge in [-0.15, -0.1) is 21.5 Å². The van der Waals surface area contributed by atoms with Gasteiger partial charge in [-0.25, -0.2) is 4.98 Å². The molecule has 26 heavy (non-hydrogen) atoms. The summed E-state index contributed by atoms with van der Waals surface area (Å²) in [5.41, 5.74) is 1.99. The molecule has 7 heteroatoms. The Bertz CT molecular complexity index is 1160. The Kier molecular flexibility index (Phi) is 3.49. The Morgan fingerprint density at radius 2 is 2.04 bits per heavy atom. The van der Waals surface area contributed by atoms with Gasteiger partial charge >= 0.3 is 0 Å². The van der Waals surface area contributed by atoms with Crippen LogP contribution in [0.3, 0.4) is 0 Å². The van der Waals surface area contributed by atoms with Gasteiger partial charge in [-0.05, 0) is 30.9 Å². The molecule has 5 rings (SSSR count). The predicted molar refractivity (Wildman–Crippen MR) is 99.4 cm³/mol.